The van der Waals surface area contributed by atoms with Gasteiger partial charge in [-0.25, -0.2) is 0 Å². The molecule has 1 aromatic heterocycles. The van der Waals surface area contributed by atoms with E-state index in [1.165, 1.54) is 6.20 Å². The van der Waals surface area contributed by atoms with E-state index in [2.05, 4.69) is 5.10 Å². The van der Waals surface area contributed by atoms with Crippen LogP contribution in [0.3, 0.4) is 0 Å². The molecule has 1 aliphatic heterocycles. The van der Waals surface area contributed by atoms with Crippen LogP contribution < -0.4 is 0 Å². The van der Waals surface area contributed by atoms with Gasteiger partial charge in [-0.3, -0.25) is 14.3 Å². The van der Waals surface area contributed by atoms with Crippen LogP contribution in [0.2, 0.25) is 0 Å². The number of nitrogens with zero attached hydrogens (tertiary/aromatic N) is 3. The number of aryl methyl sites for hydroxylation is 1. The average Bonchev–Trinajstić information content (AvgIpc) is 3.06. The van der Waals surface area contributed by atoms with Crippen molar-refractivity contribution >= 4 is 11.7 Å². The van der Waals surface area contributed by atoms with Crippen LogP contribution in [-0.2, 0) is 16.6 Å². The van der Waals surface area contributed by atoms with Crippen molar-refractivity contribution in [1.29, 1.82) is 0 Å². The predicted molar refractivity (Wildman–Crippen MR) is 93.1 cm³/mol. The van der Waals surface area contributed by atoms with Crippen molar-refractivity contribution in [3.05, 3.63) is 53.9 Å². The Morgan fingerprint density at radius 3 is 2.68 bits per heavy atom. The fourth-order valence-corrected chi connectivity index (χ4v) is 3.10. The summed E-state index contributed by atoms with van der Waals surface area (Å²) in [6, 6.07) is 9.78. The van der Waals surface area contributed by atoms with E-state index in [0.29, 0.717) is 18.7 Å². The zero-order valence-electron chi connectivity index (χ0n) is 14.6. The molecule has 0 spiro atoms. The number of rotatable bonds is 5. The number of morpholine rings is 1. The van der Waals surface area contributed by atoms with Gasteiger partial charge >= 0.3 is 0 Å². The van der Waals surface area contributed by atoms with Gasteiger partial charge in [0.25, 0.3) is 0 Å². The Labute approximate surface area is 147 Å². The van der Waals surface area contributed by atoms with Crippen molar-refractivity contribution in [2.75, 3.05) is 13.2 Å². The second-order valence-electron chi connectivity index (χ2n) is 6.44. The molecule has 1 fully saturated rings. The van der Waals surface area contributed by atoms with Gasteiger partial charge in [-0.15, -0.1) is 0 Å². The number of aromatic nitrogens is 2. The molecule has 132 valence electrons. The summed E-state index contributed by atoms with van der Waals surface area (Å²) < 4.78 is 7.34. The highest BCUT2D eigenvalue weighted by molar-refractivity contribution is 5.97. The molecule has 0 radical (unpaired) electrons. The molecule has 1 aromatic carbocycles. The molecule has 0 N–H and O–H groups in total. The highest BCUT2D eigenvalue weighted by Gasteiger charge is 2.31. The predicted octanol–water partition coefficient (Wildman–Crippen LogP) is 2.37. The molecule has 1 aliphatic rings. The number of benzene rings is 1. The zero-order chi connectivity index (χ0) is 17.8. The molecule has 1 saturated heterocycles. The molecular weight excluding hydrogens is 318 g/mol. The monoisotopic (exact) mass is 341 g/mol. The maximum atomic E-state index is 12.8. The number of ether oxygens (including phenoxy) is 1. The molecule has 2 aromatic rings. The van der Waals surface area contributed by atoms with Crippen molar-refractivity contribution in [3.63, 3.8) is 0 Å². The molecule has 1 amide bonds. The largest absolute Gasteiger partial charge is 0.374 e. The van der Waals surface area contributed by atoms with Crippen LogP contribution in [0.1, 0.15) is 41.7 Å². The van der Waals surface area contributed by atoms with Gasteiger partial charge in [-0.1, -0.05) is 30.3 Å². The number of hydrogen-bond donors (Lipinski definition) is 0. The quantitative estimate of drug-likeness (QED) is 0.783. The number of carbonyl (C=O) groups excluding carboxylic acids is 2. The van der Waals surface area contributed by atoms with E-state index in [1.807, 2.05) is 42.2 Å². The summed E-state index contributed by atoms with van der Waals surface area (Å²) in [4.78, 5) is 26.8. The lowest BCUT2D eigenvalue weighted by Gasteiger charge is -2.39. The third kappa shape index (κ3) is 4.14. The van der Waals surface area contributed by atoms with Gasteiger partial charge in [-0.05, 0) is 12.5 Å². The van der Waals surface area contributed by atoms with Gasteiger partial charge in [-0.2, -0.15) is 5.10 Å². The van der Waals surface area contributed by atoms with E-state index in [0.717, 1.165) is 5.56 Å². The van der Waals surface area contributed by atoms with Crippen LogP contribution in [-0.4, -0.2) is 45.6 Å². The van der Waals surface area contributed by atoms with Crippen LogP contribution in [0.25, 0.3) is 0 Å². The highest BCUT2D eigenvalue weighted by Crippen LogP contribution is 2.27. The Morgan fingerprint density at radius 1 is 1.24 bits per heavy atom. The van der Waals surface area contributed by atoms with Gasteiger partial charge in [0.05, 0.1) is 30.5 Å². The third-order valence-corrected chi connectivity index (χ3v) is 4.47. The molecule has 2 unspecified atom stereocenters. The van der Waals surface area contributed by atoms with Crippen LogP contribution in [0, 0.1) is 0 Å². The van der Waals surface area contributed by atoms with Gasteiger partial charge in [0.2, 0.25) is 5.91 Å². The fraction of sp³-hybridized carbons (Fsp3) is 0.421. The second-order valence-corrected chi connectivity index (χ2v) is 6.44. The molecule has 2 atom stereocenters. The summed E-state index contributed by atoms with van der Waals surface area (Å²) >= 11 is 0. The summed E-state index contributed by atoms with van der Waals surface area (Å²) in [5.74, 6) is -0.0692. The Balaban J connectivity index is 1.66. The first-order valence-electron chi connectivity index (χ1n) is 8.52. The Bertz CT molecular complexity index is 741. The average molecular weight is 341 g/mol. The van der Waals surface area contributed by atoms with E-state index < -0.39 is 0 Å². The number of carbonyl (C=O) groups is 2. The zero-order valence-corrected chi connectivity index (χ0v) is 14.6. The minimum atomic E-state index is -0.0987. The smallest absolute Gasteiger partial charge is 0.223 e. The molecule has 0 aliphatic carbocycles. The number of Topliss-reactive ketones (excluding diaryl/α,β-unsaturated/α-hetero) is 1. The summed E-state index contributed by atoms with van der Waals surface area (Å²) in [5, 5.41) is 4.00. The number of ketones is 1. The van der Waals surface area contributed by atoms with Crippen molar-refractivity contribution in [3.8, 4) is 0 Å². The topological polar surface area (TPSA) is 64.4 Å². The minimum absolute atomic E-state index is 0.00191. The van der Waals surface area contributed by atoms with E-state index >= 15 is 0 Å². The van der Waals surface area contributed by atoms with E-state index in [-0.39, 0.29) is 36.7 Å². The van der Waals surface area contributed by atoms with Gasteiger partial charge in [0, 0.05) is 32.6 Å². The molecule has 6 heteroatoms. The van der Waals surface area contributed by atoms with Crippen molar-refractivity contribution < 1.29 is 14.3 Å². The van der Waals surface area contributed by atoms with Gasteiger partial charge < -0.3 is 9.64 Å². The molecule has 2 heterocycles. The summed E-state index contributed by atoms with van der Waals surface area (Å²) in [6.45, 7) is 2.98. The lowest BCUT2D eigenvalue weighted by molar-refractivity contribution is -0.144. The third-order valence-electron chi connectivity index (χ3n) is 4.47. The van der Waals surface area contributed by atoms with Gasteiger partial charge in [0.15, 0.2) is 5.78 Å². The maximum absolute atomic E-state index is 12.8. The Morgan fingerprint density at radius 2 is 2.00 bits per heavy atom. The first-order valence-corrected chi connectivity index (χ1v) is 8.52. The van der Waals surface area contributed by atoms with Gasteiger partial charge in [0.1, 0.15) is 0 Å². The van der Waals surface area contributed by atoms with E-state index in [1.54, 1.807) is 17.9 Å². The number of hydrogen-bond acceptors (Lipinski definition) is 4. The van der Waals surface area contributed by atoms with Crippen LogP contribution in [0.4, 0.5) is 0 Å². The summed E-state index contributed by atoms with van der Waals surface area (Å²) in [5.41, 5.74) is 1.60. The van der Waals surface area contributed by atoms with Crippen molar-refractivity contribution in [2.24, 2.45) is 7.05 Å². The fourth-order valence-electron chi connectivity index (χ4n) is 3.10. The Kier molecular flexibility index (Phi) is 5.28. The van der Waals surface area contributed by atoms with Crippen molar-refractivity contribution in [2.45, 2.75) is 31.9 Å². The van der Waals surface area contributed by atoms with Crippen LogP contribution >= 0.6 is 0 Å². The summed E-state index contributed by atoms with van der Waals surface area (Å²) in [6.07, 6.45) is 3.60. The molecule has 6 nitrogen and oxygen atoms in total. The molecule has 3 rings (SSSR count). The van der Waals surface area contributed by atoms with Crippen LogP contribution in [0.5, 0.6) is 0 Å². The highest BCUT2D eigenvalue weighted by atomic mass is 16.5. The molecule has 0 bridgehead atoms. The SMILES string of the molecule is CC1CN(C(=O)CCC(=O)c2cnn(C)c2)C(c2ccccc2)CO1. The lowest BCUT2D eigenvalue weighted by Crippen LogP contribution is -2.46. The van der Waals surface area contributed by atoms with Crippen molar-refractivity contribution in [1.82, 2.24) is 14.7 Å². The summed E-state index contributed by atoms with van der Waals surface area (Å²) in [7, 11) is 1.77. The standard InChI is InChI=1S/C19H23N3O3/c1-14-11-22(17(13-25-14)15-6-4-3-5-7-15)19(24)9-8-18(23)16-10-20-21(2)12-16/h3-7,10,12,14,17H,8-9,11,13H2,1-2H3. The Hall–Kier alpha value is -2.47. The molecule has 25 heavy (non-hydrogen) atoms. The molecule has 0 saturated carbocycles. The first-order chi connectivity index (χ1) is 12.0. The maximum Gasteiger partial charge on any atom is 0.223 e. The van der Waals surface area contributed by atoms with E-state index in [9.17, 15) is 9.59 Å². The molecular formula is C19H23N3O3. The minimum Gasteiger partial charge on any atom is -0.374 e. The van der Waals surface area contributed by atoms with Crippen LogP contribution in [0.15, 0.2) is 42.7 Å². The van der Waals surface area contributed by atoms with E-state index in [4.69, 9.17) is 4.74 Å². The lowest BCUT2D eigenvalue weighted by atomic mass is 10.0. The second kappa shape index (κ2) is 7.61. The normalized spacial score (nSPS) is 20.5. The first kappa shape index (κ1) is 17.4. The number of amides is 1.